The van der Waals surface area contributed by atoms with E-state index in [0.717, 1.165) is 6.42 Å². The van der Waals surface area contributed by atoms with Gasteiger partial charge in [0.05, 0.1) is 4.91 Å². The molecule has 0 aliphatic rings. The second kappa shape index (κ2) is 6.59. The molecule has 0 aromatic carbocycles. The molecule has 0 bridgehead atoms. The van der Waals surface area contributed by atoms with Crippen molar-refractivity contribution in [1.82, 2.24) is 4.98 Å². The minimum atomic E-state index is -0.383. The molecule has 4 heteroatoms. The lowest BCUT2D eigenvalue weighted by Gasteiger charge is -2.33. The lowest BCUT2D eigenvalue weighted by molar-refractivity contribution is 0.0592. The first kappa shape index (κ1) is 17.7. The summed E-state index contributed by atoms with van der Waals surface area (Å²) in [7, 11) is 0. The quantitative estimate of drug-likeness (QED) is 0.788. The van der Waals surface area contributed by atoms with Gasteiger partial charge in [0, 0.05) is 12.3 Å². The Morgan fingerprint density at radius 2 is 2.00 bits per heavy atom. The zero-order valence-corrected chi connectivity index (χ0v) is 14.6. The smallest absolute Gasteiger partial charge is 0.185 e. The summed E-state index contributed by atoms with van der Waals surface area (Å²) in [6.45, 7) is 14.2. The summed E-state index contributed by atoms with van der Waals surface area (Å²) in [6, 6.07) is 1.68. The number of ether oxygens (including phenoxy) is 1. The highest BCUT2D eigenvalue weighted by Gasteiger charge is 2.28. The van der Waals surface area contributed by atoms with E-state index in [2.05, 4.69) is 38.1 Å². The SMILES string of the molecule is C=C=C(SC)c1nccc(OC(C)(C)CC(C)(C)C)c1O. The second-order valence-electron chi connectivity index (χ2n) is 6.82. The van der Waals surface area contributed by atoms with Gasteiger partial charge in [0.15, 0.2) is 11.5 Å². The Balaban J connectivity index is 3.11. The van der Waals surface area contributed by atoms with Gasteiger partial charge in [0.2, 0.25) is 0 Å². The minimum Gasteiger partial charge on any atom is -0.503 e. The maximum absolute atomic E-state index is 10.4. The Hall–Kier alpha value is -1.38. The Morgan fingerprint density at radius 1 is 1.38 bits per heavy atom. The molecule has 1 aromatic rings. The van der Waals surface area contributed by atoms with Crippen LogP contribution in [0.25, 0.3) is 4.91 Å². The number of aromatic nitrogens is 1. The first-order valence-electron chi connectivity index (χ1n) is 6.91. The fourth-order valence-corrected chi connectivity index (χ4v) is 3.04. The number of pyridine rings is 1. The third kappa shape index (κ3) is 5.14. The molecular formula is C17H25NO2S. The van der Waals surface area contributed by atoms with Crippen LogP contribution in [-0.2, 0) is 0 Å². The fraction of sp³-hybridized carbons (Fsp3) is 0.529. The molecule has 0 fully saturated rings. The van der Waals surface area contributed by atoms with E-state index in [1.807, 2.05) is 20.1 Å². The molecule has 1 aromatic heterocycles. The fourth-order valence-electron chi connectivity index (χ4n) is 2.55. The van der Waals surface area contributed by atoms with Crippen LogP contribution in [0.3, 0.4) is 0 Å². The van der Waals surface area contributed by atoms with Crippen molar-refractivity contribution in [3.63, 3.8) is 0 Å². The van der Waals surface area contributed by atoms with Gasteiger partial charge in [-0.1, -0.05) is 27.4 Å². The van der Waals surface area contributed by atoms with E-state index in [4.69, 9.17) is 4.74 Å². The number of rotatable bonds is 5. The predicted molar refractivity (Wildman–Crippen MR) is 90.7 cm³/mol. The normalized spacial score (nSPS) is 11.9. The number of nitrogens with zero attached hydrogens (tertiary/aromatic N) is 1. The number of thioether (sulfide) groups is 1. The van der Waals surface area contributed by atoms with Crippen molar-refractivity contribution < 1.29 is 9.84 Å². The lowest BCUT2D eigenvalue weighted by atomic mass is 9.83. The number of hydrogen-bond acceptors (Lipinski definition) is 4. The molecule has 0 aliphatic carbocycles. The molecule has 1 heterocycles. The Bertz CT molecular complexity index is 552. The van der Waals surface area contributed by atoms with Gasteiger partial charge in [0.1, 0.15) is 11.3 Å². The van der Waals surface area contributed by atoms with E-state index in [9.17, 15) is 5.11 Å². The lowest BCUT2D eigenvalue weighted by Crippen LogP contribution is -2.33. The topological polar surface area (TPSA) is 42.4 Å². The van der Waals surface area contributed by atoms with Crippen molar-refractivity contribution in [2.24, 2.45) is 5.41 Å². The van der Waals surface area contributed by atoms with Crippen LogP contribution in [0.2, 0.25) is 0 Å². The number of aromatic hydroxyl groups is 1. The maximum atomic E-state index is 10.4. The minimum absolute atomic E-state index is 0.0417. The molecule has 21 heavy (non-hydrogen) atoms. The van der Waals surface area contributed by atoms with Gasteiger partial charge in [-0.05, 0) is 31.9 Å². The first-order valence-corrected chi connectivity index (χ1v) is 8.13. The average molecular weight is 307 g/mol. The third-order valence-electron chi connectivity index (χ3n) is 2.81. The van der Waals surface area contributed by atoms with Crippen molar-refractivity contribution in [1.29, 1.82) is 0 Å². The second-order valence-corrected chi connectivity index (χ2v) is 7.63. The highest BCUT2D eigenvalue weighted by molar-refractivity contribution is 8.07. The molecule has 116 valence electrons. The molecule has 0 amide bonds. The first-order chi connectivity index (χ1) is 9.59. The van der Waals surface area contributed by atoms with Gasteiger partial charge in [-0.15, -0.1) is 17.5 Å². The summed E-state index contributed by atoms with van der Waals surface area (Å²) in [5, 5.41) is 10.4. The zero-order valence-electron chi connectivity index (χ0n) is 13.8. The van der Waals surface area contributed by atoms with Crippen LogP contribution >= 0.6 is 11.8 Å². The van der Waals surface area contributed by atoms with Crippen molar-refractivity contribution in [2.45, 2.75) is 46.6 Å². The maximum Gasteiger partial charge on any atom is 0.185 e. The van der Waals surface area contributed by atoms with Crippen LogP contribution in [0.15, 0.2) is 24.6 Å². The van der Waals surface area contributed by atoms with E-state index in [0.29, 0.717) is 16.3 Å². The Labute approximate surface area is 132 Å². The third-order valence-corrected chi connectivity index (χ3v) is 3.56. The molecule has 1 rings (SSSR count). The summed E-state index contributed by atoms with van der Waals surface area (Å²) in [4.78, 5) is 4.90. The summed E-state index contributed by atoms with van der Waals surface area (Å²) >= 11 is 1.44. The van der Waals surface area contributed by atoms with Crippen molar-refractivity contribution in [3.8, 4) is 11.5 Å². The highest BCUT2D eigenvalue weighted by Crippen LogP contribution is 2.39. The van der Waals surface area contributed by atoms with E-state index >= 15 is 0 Å². The van der Waals surface area contributed by atoms with Gasteiger partial charge < -0.3 is 9.84 Å². The zero-order chi connectivity index (χ0) is 16.3. The molecule has 0 saturated heterocycles. The summed E-state index contributed by atoms with van der Waals surface area (Å²) < 4.78 is 6.03. The number of hydrogen-bond donors (Lipinski definition) is 1. The van der Waals surface area contributed by atoms with E-state index < -0.39 is 0 Å². The molecule has 0 spiro atoms. The Kier molecular flexibility index (Phi) is 5.54. The summed E-state index contributed by atoms with van der Waals surface area (Å²) in [6.07, 6.45) is 4.39. The standard InChI is InChI=1S/C17H25NO2S/c1-8-13(21-7)14-15(19)12(9-10-18-14)20-17(5,6)11-16(2,3)4/h9-10,19H,1,11H2,2-7H3. The van der Waals surface area contributed by atoms with Crippen molar-refractivity contribution in [3.05, 3.63) is 30.3 Å². The van der Waals surface area contributed by atoms with Crippen LogP contribution in [0.4, 0.5) is 0 Å². The monoisotopic (exact) mass is 307 g/mol. The van der Waals surface area contributed by atoms with Gasteiger partial charge >= 0.3 is 0 Å². The van der Waals surface area contributed by atoms with E-state index in [1.165, 1.54) is 11.8 Å². The van der Waals surface area contributed by atoms with Crippen molar-refractivity contribution >= 4 is 16.7 Å². The predicted octanol–water partition coefficient (Wildman–Crippen LogP) is 4.87. The van der Waals surface area contributed by atoms with Gasteiger partial charge in [-0.25, -0.2) is 0 Å². The highest BCUT2D eigenvalue weighted by atomic mass is 32.2. The van der Waals surface area contributed by atoms with Crippen LogP contribution in [0.1, 0.15) is 46.7 Å². The molecule has 1 N–H and O–H groups in total. The van der Waals surface area contributed by atoms with Gasteiger partial charge in [-0.3, -0.25) is 4.98 Å². The molecule has 0 unspecified atom stereocenters. The average Bonchev–Trinajstić information content (AvgIpc) is 2.31. The van der Waals surface area contributed by atoms with E-state index in [1.54, 1.807) is 12.3 Å². The van der Waals surface area contributed by atoms with Gasteiger partial charge in [0.25, 0.3) is 0 Å². The van der Waals surface area contributed by atoms with Gasteiger partial charge in [-0.2, -0.15) is 0 Å². The van der Waals surface area contributed by atoms with Crippen LogP contribution in [0, 0.1) is 5.41 Å². The Morgan fingerprint density at radius 3 is 2.48 bits per heavy atom. The van der Waals surface area contributed by atoms with Crippen LogP contribution in [-0.4, -0.2) is 21.9 Å². The van der Waals surface area contributed by atoms with Crippen molar-refractivity contribution in [2.75, 3.05) is 6.26 Å². The molecular weight excluding hydrogens is 282 g/mol. The molecule has 3 nitrogen and oxygen atoms in total. The molecule has 0 saturated carbocycles. The van der Waals surface area contributed by atoms with Crippen LogP contribution in [0.5, 0.6) is 11.5 Å². The summed E-state index contributed by atoms with van der Waals surface area (Å²) in [5.41, 5.74) is 3.00. The largest absolute Gasteiger partial charge is 0.503 e. The molecule has 0 atom stereocenters. The van der Waals surface area contributed by atoms with Crippen LogP contribution < -0.4 is 4.74 Å². The molecule has 0 radical (unpaired) electrons. The summed E-state index contributed by atoms with van der Waals surface area (Å²) in [5.74, 6) is 0.482. The molecule has 0 aliphatic heterocycles. The van der Waals surface area contributed by atoms with E-state index in [-0.39, 0.29) is 16.8 Å².